The number of hydrogen-bond donors (Lipinski definition) is 3. The highest BCUT2D eigenvalue weighted by Crippen LogP contribution is 2.34. The fourth-order valence-corrected chi connectivity index (χ4v) is 4.65. The van der Waals surface area contributed by atoms with Gasteiger partial charge in [0.05, 0.1) is 11.7 Å². The molecule has 0 saturated carbocycles. The Morgan fingerprint density at radius 3 is 2.68 bits per heavy atom. The van der Waals surface area contributed by atoms with Gasteiger partial charge in [-0.3, -0.25) is 9.59 Å². The predicted octanol–water partition coefficient (Wildman–Crippen LogP) is 3.57. The molecule has 1 aromatic heterocycles. The molecule has 0 bridgehead atoms. The van der Waals surface area contributed by atoms with Crippen LogP contribution in [0.5, 0.6) is 0 Å². The minimum absolute atomic E-state index is 0.0571. The topological polar surface area (TPSA) is 94.3 Å². The average Bonchev–Trinajstić information content (AvgIpc) is 3.30. The first-order valence-electron chi connectivity index (χ1n) is 10.7. The van der Waals surface area contributed by atoms with Crippen molar-refractivity contribution in [1.29, 1.82) is 0 Å². The van der Waals surface area contributed by atoms with Gasteiger partial charge in [-0.05, 0) is 49.4 Å². The van der Waals surface area contributed by atoms with Crippen molar-refractivity contribution in [3.63, 3.8) is 0 Å². The lowest BCUT2D eigenvalue weighted by atomic mass is 9.91. The van der Waals surface area contributed by atoms with Crippen LogP contribution in [0.1, 0.15) is 43.0 Å². The molecule has 1 aliphatic heterocycles. The van der Waals surface area contributed by atoms with Crippen LogP contribution in [0.25, 0.3) is 10.9 Å². The van der Waals surface area contributed by atoms with Gasteiger partial charge in [-0.25, -0.2) is 9.69 Å². The van der Waals surface area contributed by atoms with E-state index in [1.54, 1.807) is 24.3 Å². The van der Waals surface area contributed by atoms with Gasteiger partial charge >= 0.3 is 6.03 Å². The molecule has 1 saturated heterocycles. The third kappa shape index (κ3) is 3.56. The van der Waals surface area contributed by atoms with Crippen LogP contribution in [-0.2, 0) is 16.0 Å². The Morgan fingerprint density at radius 2 is 1.84 bits per heavy atom. The molecule has 2 heterocycles. The zero-order valence-corrected chi connectivity index (χ0v) is 17.1. The van der Waals surface area contributed by atoms with Crippen molar-refractivity contribution in [2.45, 2.75) is 44.2 Å². The maximum absolute atomic E-state index is 12.7. The van der Waals surface area contributed by atoms with E-state index < -0.39 is 12.1 Å². The highest BCUT2D eigenvalue weighted by molar-refractivity contribution is 6.21. The first-order chi connectivity index (χ1) is 15.1. The minimum atomic E-state index is -0.687. The van der Waals surface area contributed by atoms with E-state index in [0.717, 1.165) is 35.4 Å². The molecule has 0 spiro atoms. The van der Waals surface area contributed by atoms with Crippen LogP contribution in [-0.4, -0.2) is 28.9 Å². The van der Waals surface area contributed by atoms with Gasteiger partial charge in [0.1, 0.15) is 6.04 Å². The quantitative estimate of drug-likeness (QED) is 0.555. The van der Waals surface area contributed by atoms with Gasteiger partial charge in [-0.1, -0.05) is 36.4 Å². The van der Waals surface area contributed by atoms with Gasteiger partial charge in [0, 0.05) is 23.0 Å². The van der Waals surface area contributed by atoms with Gasteiger partial charge in [0.25, 0.3) is 5.91 Å². The van der Waals surface area contributed by atoms with E-state index >= 15 is 0 Å². The summed E-state index contributed by atoms with van der Waals surface area (Å²) < 4.78 is 0. The summed E-state index contributed by atoms with van der Waals surface area (Å²) in [5.41, 5.74) is 3.99. The van der Waals surface area contributed by atoms with Crippen molar-refractivity contribution in [3.8, 4) is 0 Å². The molecule has 7 nitrogen and oxygen atoms in total. The number of hydrogen-bond acceptors (Lipinski definition) is 3. The number of aromatic amines is 1. The van der Waals surface area contributed by atoms with E-state index in [-0.39, 0.29) is 30.7 Å². The van der Waals surface area contributed by atoms with Crippen molar-refractivity contribution in [1.82, 2.24) is 15.6 Å². The Labute approximate surface area is 179 Å². The highest BCUT2D eigenvalue weighted by Gasteiger charge is 2.39. The zero-order valence-electron chi connectivity index (χ0n) is 17.1. The molecule has 1 aliphatic carbocycles. The summed E-state index contributed by atoms with van der Waals surface area (Å²) in [6.45, 7) is 0. The standard InChI is InChI=1S/C24H24N4O3/c29-21(14-13-20-23(30)28(24(31)27-20)15-7-2-1-3-8-15)25-19-12-6-10-17-16-9-4-5-11-18(16)26-22(17)19/h1-5,7-9,11,19-20,26H,6,10,12-14H2,(H,25,29)(H,27,31)/t19-,20+/m0/s1. The predicted molar refractivity (Wildman–Crippen MR) is 118 cm³/mol. The molecule has 2 aromatic carbocycles. The van der Waals surface area contributed by atoms with Crippen LogP contribution in [0.3, 0.4) is 0 Å². The first-order valence-corrected chi connectivity index (χ1v) is 10.7. The number of aromatic nitrogens is 1. The number of aryl methyl sites for hydroxylation is 1. The zero-order chi connectivity index (χ0) is 21.4. The summed E-state index contributed by atoms with van der Waals surface area (Å²) in [4.78, 5) is 42.2. The van der Waals surface area contributed by atoms with E-state index in [2.05, 4.69) is 27.8 Å². The van der Waals surface area contributed by atoms with Crippen LogP contribution >= 0.6 is 0 Å². The number of carbonyl (C=O) groups excluding carboxylic acids is 3. The Hall–Kier alpha value is -3.61. The normalized spacial score (nSPS) is 20.6. The van der Waals surface area contributed by atoms with Crippen molar-refractivity contribution >= 4 is 34.4 Å². The number of benzene rings is 2. The Balaban J connectivity index is 1.23. The third-order valence-electron chi connectivity index (χ3n) is 6.14. The van der Waals surface area contributed by atoms with Gasteiger partial charge in [0.2, 0.25) is 5.91 Å². The van der Waals surface area contributed by atoms with Crippen LogP contribution in [0.2, 0.25) is 0 Å². The van der Waals surface area contributed by atoms with Gasteiger partial charge in [0.15, 0.2) is 0 Å². The lowest BCUT2D eigenvalue weighted by molar-refractivity contribution is -0.122. The largest absolute Gasteiger partial charge is 0.356 e. The summed E-state index contributed by atoms with van der Waals surface area (Å²) in [6.07, 6.45) is 3.34. The number of urea groups is 1. The number of fused-ring (bicyclic) bond motifs is 3. The van der Waals surface area contributed by atoms with Crippen molar-refractivity contribution in [2.75, 3.05) is 4.90 Å². The number of nitrogens with zero attached hydrogens (tertiary/aromatic N) is 1. The molecule has 4 amide bonds. The smallest absolute Gasteiger partial charge is 0.329 e. The SMILES string of the molecule is O=C(CC[C@H]1NC(=O)N(c2ccccc2)C1=O)N[C@H]1CCCc2c1[nH]c1ccccc21. The second kappa shape index (κ2) is 7.91. The van der Waals surface area contributed by atoms with Crippen molar-refractivity contribution < 1.29 is 14.4 Å². The third-order valence-corrected chi connectivity index (χ3v) is 6.14. The molecule has 2 aliphatic rings. The van der Waals surface area contributed by atoms with Crippen molar-refractivity contribution in [3.05, 3.63) is 65.9 Å². The Morgan fingerprint density at radius 1 is 1.06 bits per heavy atom. The second-order valence-corrected chi connectivity index (χ2v) is 8.13. The number of para-hydroxylation sites is 2. The second-order valence-electron chi connectivity index (χ2n) is 8.13. The van der Waals surface area contributed by atoms with E-state index in [9.17, 15) is 14.4 Å². The number of anilines is 1. The molecule has 31 heavy (non-hydrogen) atoms. The van der Waals surface area contributed by atoms with Crippen LogP contribution in [0.15, 0.2) is 54.6 Å². The fourth-order valence-electron chi connectivity index (χ4n) is 4.65. The van der Waals surface area contributed by atoms with Crippen LogP contribution in [0.4, 0.5) is 10.5 Å². The number of nitrogens with one attached hydrogen (secondary N) is 3. The summed E-state index contributed by atoms with van der Waals surface area (Å²) in [7, 11) is 0. The van der Waals surface area contributed by atoms with E-state index in [1.165, 1.54) is 10.9 Å². The average molecular weight is 416 g/mol. The molecule has 0 unspecified atom stereocenters. The Bertz CT molecular complexity index is 1150. The summed E-state index contributed by atoms with van der Waals surface area (Å²) in [6, 6.07) is 15.8. The number of H-pyrrole nitrogens is 1. The lowest BCUT2D eigenvalue weighted by Crippen LogP contribution is -2.34. The monoisotopic (exact) mass is 416 g/mol. The molecular formula is C24H24N4O3. The minimum Gasteiger partial charge on any atom is -0.356 e. The van der Waals surface area contributed by atoms with Gasteiger partial charge < -0.3 is 15.6 Å². The first kappa shape index (κ1) is 19.4. The van der Waals surface area contributed by atoms with Crippen LogP contribution < -0.4 is 15.5 Å². The molecule has 5 rings (SSSR count). The fraction of sp³-hybridized carbons (Fsp3) is 0.292. The molecule has 158 valence electrons. The Kier molecular flexibility index (Phi) is 4.94. The van der Waals surface area contributed by atoms with Gasteiger partial charge in [-0.2, -0.15) is 0 Å². The molecule has 1 fully saturated rings. The molecule has 0 radical (unpaired) electrons. The molecule has 3 N–H and O–H groups in total. The van der Waals surface area contributed by atoms with Crippen LogP contribution in [0, 0.1) is 0 Å². The number of rotatable bonds is 5. The maximum Gasteiger partial charge on any atom is 0.329 e. The molecule has 3 aromatic rings. The van der Waals surface area contributed by atoms with Crippen molar-refractivity contribution in [2.24, 2.45) is 0 Å². The van der Waals surface area contributed by atoms with E-state index in [4.69, 9.17) is 0 Å². The number of imide groups is 1. The lowest BCUT2D eigenvalue weighted by Gasteiger charge is -2.24. The maximum atomic E-state index is 12.7. The summed E-state index contributed by atoms with van der Waals surface area (Å²) in [5, 5.41) is 7.04. The number of carbonyl (C=O) groups is 3. The van der Waals surface area contributed by atoms with E-state index in [0.29, 0.717) is 5.69 Å². The number of amides is 4. The molecule has 7 heteroatoms. The highest BCUT2D eigenvalue weighted by atomic mass is 16.2. The van der Waals surface area contributed by atoms with Gasteiger partial charge in [-0.15, -0.1) is 0 Å². The molecular weight excluding hydrogens is 392 g/mol. The molecule has 2 atom stereocenters. The van der Waals surface area contributed by atoms with E-state index in [1.807, 2.05) is 18.2 Å². The summed E-state index contributed by atoms with van der Waals surface area (Å²) >= 11 is 0. The summed E-state index contributed by atoms with van der Waals surface area (Å²) in [5.74, 6) is -0.434.